The summed E-state index contributed by atoms with van der Waals surface area (Å²) < 4.78 is 69.6. The lowest BCUT2D eigenvalue weighted by Crippen LogP contribution is -2.24. The Morgan fingerprint density at radius 2 is 2.00 bits per heavy atom. The SMILES string of the molecule is COc1c(Cl)cc(Cl)cc1[C@H](Nc1cccc(C(F)(F)F)c1)[P@@]1(=O)OCC[C@H](C)O1. The second-order valence-corrected chi connectivity index (χ2v) is 9.62. The van der Waals surface area contributed by atoms with Crippen LogP contribution in [-0.4, -0.2) is 19.8 Å². The van der Waals surface area contributed by atoms with E-state index in [1.165, 1.54) is 31.4 Å². The molecule has 0 amide bonds. The Hall–Kier alpha value is -1.44. The third-order valence-electron chi connectivity index (χ3n) is 4.47. The zero-order valence-electron chi connectivity index (χ0n) is 16.0. The van der Waals surface area contributed by atoms with Crippen LogP contribution in [-0.2, 0) is 19.8 Å². The number of halogens is 5. The van der Waals surface area contributed by atoms with Crippen LogP contribution in [0.3, 0.4) is 0 Å². The molecule has 1 aliphatic heterocycles. The van der Waals surface area contributed by atoms with Crippen molar-refractivity contribution >= 4 is 36.5 Å². The molecule has 164 valence electrons. The summed E-state index contributed by atoms with van der Waals surface area (Å²) in [6.45, 7) is 1.90. The minimum atomic E-state index is -4.54. The quantitative estimate of drug-likeness (QED) is 0.457. The first-order valence-electron chi connectivity index (χ1n) is 8.93. The Labute approximate surface area is 181 Å². The van der Waals surface area contributed by atoms with E-state index in [9.17, 15) is 17.7 Å². The highest BCUT2D eigenvalue weighted by atomic mass is 35.5. The van der Waals surface area contributed by atoms with Crippen LogP contribution in [0.5, 0.6) is 5.75 Å². The second-order valence-electron chi connectivity index (χ2n) is 6.71. The standard InChI is InChI=1S/C19H19Cl2F3NO4P/c1-11-6-7-28-30(26,29-11)18(15-9-13(20)10-16(21)17(15)27-2)25-14-5-3-4-12(8-14)19(22,23)24/h3-5,8-11,18,25H,6-7H2,1-2H3/t11-,18+,30+/m0/s1. The molecular formula is C19H19Cl2F3NO4P. The monoisotopic (exact) mass is 483 g/mol. The first-order chi connectivity index (χ1) is 14.0. The first kappa shape index (κ1) is 23.2. The van der Waals surface area contributed by atoms with Gasteiger partial charge < -0.3 is 19.1 Å². The fourth-order valence-corrected chi connectivity index (χ4v) is 5.81. The molecule has 11 heteroatoms. The van der Waals surface area contributed by atoms with E-state index in [0.29, 0.717) is 6.42 Å². The molecule has 0 spiro atoms. The second kappa shape index (κ2) is 8.97. The van der Waals surface area contributed by atoms with E-state index in [1.807, 2.05) is 0 Å². The number of methoxy groups -OCH3 is 1. The lowest BCUT2D eigenvalue weighted by Gasteiger charge is -2.34. The molecule has 1 saturated heterocycles. The molecule has 1 N–H and O–H groups in total. The maximum atomic E-state index is 13.7. The molecule has 5 nitrogen and oxygen atoms in total. The van der Waals surface area contributed by atoms with Gasteiger partial charge >= 0.3 is 13.8 Å². The van der Waals surface area contributed by atoms with Crippen molar-refractivity contribution in [3.63, 3.8) is 0 Å². The molecule has 1 aliphatic rings. The van der Waals surface area contributed by atoms with Gasteiger partial charge in [-0.1, -0.05) is 29.3 Å². The van der Waals surface area contributed by atoms with E-state index in [-0.39, 0.29) is 39.8 Å². The number of anilines is 1. The number of benzene rings is 2. The third kappa shape index (κ3) is 5.06. The van der Waals surface area contributed by atoms with E-state index in [2.05, 4.69) is 5.32 Å². The van der Waals surface area contributed by atoms with Gasteiger partial charge in [0.15, 0.2) is 5.78 Å². The number of alkyl halides is 3. The van der Waals surface area contributed by atoms with Crippen LogP contribution in [0.15, 0.2) is 36.4 Å². The highest BCUT2D eigenvalue weighted by molar-refractivity contribution is 7.54. The van der Waals surface area contributed by atoms with E-state index in [1.54, 1.807) is 6.92 Å². The van der Waals surface area contributed by atoms with Crippen LogP contribution in [0.4, 0.5) is 18.9 Å². The average molecular weight is 484 g/mol. The molecular weight excluding hydrogens is 465 g/mol. The number of rotatable bonds is 5. The normalized spacial score (nSPS) is 23.1. The fourth-order valence-electron chi connectivity index (χ4n) is 3.08. The topological polar surface area (TPSA) is 56.8 Å². The summed E-state index contributed by atoms with van der Waals surface area (Å²) in [5.41, 5.74) is -0.557. The Morgan fingerprint density at radius 1 is 1.27 bits per heavy atom. The van der Waals surface area contributed by atoms with Crippen LogP contribution >= 0.6 is 30.8 Å². The maximum Gasteiger partial charge on any atom is 0.416 e. The van der Waals surface area contributed by atoms with Crippen LogP contribution < -0.4 is 10.1 Å². The summed E-state index contributed by atoms with van der Waals surface area (Å²) in [6.07, 6.45) is -4.40. The molecule has 1 fully saturated rings. The van der Waals surface area contributed by atoms with Crippen molar-refractivity contribution in [2.75, 3.05) is 19.0 Å². The van der Waals surface area contributed by atoms with Gasteiger partial charge in [0.25, 0.3) is 0 Å². The zero-order valence-corrected chi connectivity index (χ0v) is 18.4. The van der Waals surface area contributed by atoms with E-state index < -0.39 is 25.1 Å². The van der Waals surface area contributed by atoms with Crippen molar-refractivity contribution in [3.8, 4) is 5.75 Å². The summed E-state index contributed by atoms with van der Waals surface area (Å²) in [7, 11) is -2.53. The molecule has 3 rings (SSSR count). The minimum absolute atomic E-state index is 0.0635. The average Bonchev–Trinajstić information content (AvgIpc) is 2.65. The lowest BCUT2D eigenvalue weighted by atomic mass is 10.1. The molecule has 30 heavy (non-hydrogen) atoms. The summed E-state index contributed by atoms with van der Waals surface area (Å²) in [5.74, 6) is -1.05. The highest BCUT2D eigenvalue weighted by Gasteiger charge is 2.43. The Balaban J connectivity index is 2.12. The predicted molar refractivity (Wildman–Crippen MR) is 110 cm³/mol. The van der Waals surface area contributed by atoms with Crippen LogP contribution in [0.25, 0.3) is 0 Å². The van der Waals surface area contributed by atoms with Crippen molar-refractivity contribution in [2.45, 2.75) is 31.4 Å². The van der Waals surface area contributed by atoms with E-state index >= 15 is 0 Å². The van der Waals surface area contributed by atoms with Gasteiger partial charge in [-0.15, -0.1) is 0 Å². The summed E-state index contributed by atoms with van der Waals surface area (Å²) >= 11 is 12.4. The molecule has 0 bridgehead atoms. The van der Waals surface area contributed by atoms with Gasteiger partial charge in [0.2, 0.25) is 0 Å². The van der Waals surface area contributed by atoms with Gasteiger partial charge in [0, 0.05) is 16.3 Å². The number of hydrogen-bond acceptors (Lipinski definition) is 5. The lowest BCUT2D eigenvalue weighted by molar-refractivity contribution is -0.137. The molecule has 0 radical (unpaired) electrons. The van der Waals surface area contributed by atoms with Crippen LogP contribution in [0.1, 0.15) is 30.3 Å². The maximum absolute atomic E-state index is 13.7. The number of ether oxygens (including phenoxy) is 1. The number of nitrogens with one attached hydrogen (secondary N) is 1. The summed E-state index contributed by atoms with van der Waals surface area (Å²) in [6, 6.07) is 7.41. The van der Waals surface area contributed by atoms with Gasteiger partial charge in [-0.05, 0) is 43.7 Å². The first-order valence-corrected chi connectivity index (χ1v) is 11.3. The molecule has 0 saturated carbocycles. The number of hydrogen-bond donors (Lipinski definition) is 1. The van der Waals surface area contributed by atoms with Gasteiger partial charge in [-0.3, -0.25) is 4.57 Å². The molecule has 0 aliphatic carbocycles. The minimum Gasteiger partial charge on any atom is -0.495 e. The fraction of sp³-hybridized carbons (Fsp3) is 0.368. The van der Waals surface area contributed by atoms with Crippen molar-refractivity contribution in [1.82, 2.24) is 0 Å². The zero-order chi connectivity index (χ0) is 22.1. The summed E-state index contributed by atoms with van der Waals surface area (Å²) in [5, 5.41) is 3.23. The van der Waals surface area contributed by atoms with Crippen LogP contribution in [0, 0.1) is 0 Å². The van der Waals surface area contributed by atoms with Gasteiger partial charge in [0.1, 0.15) is 5.75 Å². The molecule has 3 atom stereocenters. The van der Waals surface area contributed by atoms with Crippen molar-refractivity contribution in [3.05, 3.63) is 57.6 Å². The Kier molecular flexibility index (Phi) is 6.94. The van der Waals surface area contributed by atoms with Crippen molar-refractivity contribution in [2.24, 2.45) is 0 Å². The summed E-state index contributed by atoms with van der Waals surface area (Å²) in [4.78, 5) is 0. The molecule has 2 aromatic carbocycles. The van der Waals surface area contributed by atoms with Gasteiger partial charge in [0.05, 0.1) is 30.4 Å². The smallest absolute Gasteiger partial charge is 0.416 e. The Bertz CT molecular complexity index is 973. The Morgan fingerprint density at radius 3 is 2.63 bits per heavy atom. The van der Waals surface area contributed by atoms with E-state index in [0.717, 1.165) is 12.1 Å². The molecule has 2 aromatic rings. The predicted octanol–water partition coefficient (Wildman–Crippen LogP) is 7.15. The van der Waals surface area contributed by atoms with Crippen molar-refractivity contribution < 1.29 is 31.5 Å². The highest BCUT2D eigenvalue weighted by Crippen LogP contribution is 2.65. The molecule has 1 heterocycles. The van der Waals surface area contributed by atoms with Gasteiger partial charge in [-0.2, -0.15) is 13.2 Å². The molecule has 0 unspecified atom stereocenters. The van der Waals surface area contributed by atoms with Crippen molar-refractivity contribution in [1.29, 1.82) is 0 Å². The molecule has 0 aromatic heterocycles. The van der Waals surface area contributed by atoms with Gasteiger partial charge in [-0.25, -0.2) is 0 Å². The largest absolute Gasteiger partial charge is 0.495 e. The third-order valence-corrected chi connectivity index (χ3v) is 7.20. The van der Waals surface area contributed by atoms with Crippen LogP contribution in [0.2, 0.25) is 10.0 Å². The van der Waals surface area contributed by atoms with E-state index in [4.69, 9.17) is 37.0 Å².